The summed E-state index contributed by atoms with van der Waals surface area (Å²) in [5.74, 6) is 1.54. The second-order valence-electron chi connectivity index (χ2n) is 6.99. The second kappa shape index (κ2) is 5.76. The lowest BCUT2D eigenvalue weighted by Crippen LogP contribution is -2.43. The predicted octanol–water partition coefficient (Wildman–Crippen LogP) is 1.29. The molecule has 3 heterocycles. The fourth-order valence-electron chi connectivity index (χ4n) is 2.95. The van der Waals surface area contributed by atoms with Gasteiger partial charge in [0.05, 0.1) is 19.8 Å². The van der Waals surface area contributed by atoms with Crippen molar-refractivity contribution in [1.82, 2.24) is 19.7 Å². The van der Waals surface area contributed by atoms with E-state index in [9.17, 15) is 4.79 Å². The zero-order valence-corrected chi connectivity index (χ0v) is 14.2. The van der Waals surface area contributed by atoms with Crippen LogP contribution in [0.15, 0.2) is 0 Å². The maximum Gasteiger partial charge on any atom is 0.410 e. The predicted molar refractivity (Wildman–Crippen MR) is 80.8 cm³/mol. The van der Waals surface area contributed by atoms with Crippen molar-refractivity contribution in [1.29, 1.82) is 0 Å². The van der Waals surface area contributed by atoms with Gasteiger partial charge in [-0.1, -0.05) is 0 Å². The molecule has 0 saturated carbocycles. The van der Waals surface area contributed by atoms with E-state index in [0.29, 0.717) is 32.8 Å². The Balaban J connectivity index is 1.78. The molecular formula is C15H24N4O4. The molecule has 1 atom stereocenters. The molecule has 0 spiro atoms. The Bertz CT molecular complexity index is 587. The number of fused-ring (bicyclic) bond motifs is 1. The van der Waals surface area contributed by atoms with E-state index in [0.717, 1.165) is 18.1 Å². The monoisotopic (exact) mass is 324 g/mol. The number of hydrogen-bond acceptors (Lipinski definition) is 6. The number of aromatic nitrogens is 3. The van der Waals surface area contributed by atoms with E-state index in [2.05, 4.69) is 10.2 Å². The zero-order valence-electron chi connectivity index (χ0n) is 14.2. The van der Waals surface area contributed by atoms with Gasteiger partial charge in [0, 0.05) is 26.6 Å². The normalized spacial score (nSPS) is 24.6. The van der Waals surface area contributed by atoms with Crippen molar-refractivity contribution in [2.45, 2.75) is 51.5 Å². The van der Waals surface area contributed by atoms with E-state index in [1.165, 1.54) is 0 Å². The fourth-order valence-corrected chi connectivity index (χ4v) is 2.95. The molecule has 1 aromatic rings. The van der Waals surface area contributed by atoms with Crippen LogP contribution in [0.2, 0.25) is 0 Å². The Morgan fingerprint density at radius 1 is 1.30 bits per heavy atom. The number of ether oxygens (including phenoxy) is 3. The highest BCUT2D eigenvalue weighted by atomic mass is 16.6. The van der Waals surface area contributed by atoms with Gasteiger partial charge in [0.2, 0.25) is 0 Å². The third-order valence-electron chi connectivity index (χ3n) is 4.19. The van der Waals surface area contributed by atoms with Gasteiger partial charge in [0.15, 0.2) is 17.2 Å². The smallest absolute Gasteiger partial charge is 0.410 e. The Labute approximate surface area is 135 Å². The Morgan fingerprint density at radius 3 is 2.70 bits per heavy atom. The molecule has 8 heteroatoms. The average Bonchev–Trinajstić information content (AvgIpc) is 3.11. The Morgan fingerprint density at radius 2 is 2.09 bits per heavy atom. The third kappa shape index (κ3) is 3.05. The number of hydrogen-bond donors (Lipinski definition) is 0. The maximum atomic E-state index is 12.2. The van der Waals surface area contributed by atoms with Gasteiger partial charge in [-0.25, -0.2) is 4.79 Å². The van der Waals surface area contributed by atoms with E-state index >= 15 is 0 Å². The van der Waals surface area contributed by atoms with Gasteiger partial charge < -0.3 is 18.8 Å². The molecule has 1 unspecified atom stereocenters. The topological polar surface area (TPSA) is 78.7 Å². The van der Waals surface area contributed by atoms with E-state index in [-0.39, 0.29) is 6.09 Å². The molecule has 3 rings (SSSR count). The van der Waals surface area contributed by atoms with Gasteiger partial charge in [-0.2, -0.15) is 0 Å². The summed E-state index contributed by atoms with van der Waals surface area (Å²) in [6.07, 6.45) is 0.441. The van der Waals surface area contributed by atoms with Crippen LogP contribution in [0.4, 0.5) is 4.79 Å². The minimum absolute atomic E-state index is 0.320. The molecule has 2 aliphatic heterocycles. The van der Waals surface area contributed by atoms with E-state index < -0.39 is 11.2 Å². The highest BCUT2D eigenvalue weighted by Crippen LogP contribution is 2.34. The SMILES string of the molecule is COC1(c2nnc3n2CCN(C(=O)OC(C)(C)C)C3)CCOC1. The van der Waals surface area contributed by atoms with Crippen LogP contribution < -0.4 is 0 Å². The van der Waals surface area contributed by atoms with Crippen LogP contribution in [0.25, 0.3) is 0 Å². The molecule has 8 nitrogen and oxygen atoms in total. The summed E-state index contributed by atoms with van der Waals surface area (Å²) < 4.78 is 18.7. The number of amides is 1. The largest absolute Gasteiger partial charge is 0.444 e. The summed E-state index contributed by atoms with van der Waals surface area (Å²) >= 11 is 0. The van der Waals surface area contributed by atoms with Gasteiger partial charge >= 0.3 is 6.09 Å². The van der Waals surface area contributed by atoms with Crippen LogP contribution in [-0.2, 0) is 32.9 Å². The quantitative estimate of drug-likeness (QED) is 0.816. The maximum absolute atomic E-state index is 12.2. The summed E-state index contributed by atoms with van der Waals surface area (Å²) in [6, 6.07) is 0. The lowest BCUT2D eigenvalue weighted by molar-refractivity contribution is -0.0320. The molecule has 1 amide bonds. The van der Waals surface area contributed by atoms with Gasteiger partial charge in [-0.15, -0.1) is 10.2 Å². The minimum atomic E-state index is -0.528. The third-order valence-corrected chi connectivity index (χ3v) is 4.19. The molecule has 1 saturated heterocycles. The molecule has 1 fully saturated rings. The first-order valence-corrected chi connectivity index (χ1v) is 7.88. The molecular weight excluding hydrogens is 300 g/mol. The number of carbonyl (C=O) groups is 1. The van der Waals surface area contributed by atoms with Crippen molar-refractivity contribution in [2.24, 2.45) is 0 Å². The molecule has 1 aromatic heterocycles. The first-order valence-electron chi connectivity index (χ1n) is 7.88. The van der Waals surface area contributed by atoms with E-state index in [1.807, 2.05) is 25.3 Å². The van der Waals surface area contributed by atoms with Crippen molar-refractivity contribution < 1.29 is 19.0 Å². The summed E-state index contributed by atoms with van der Waals surface area (Å²) in [5, 5.41) is 8.57. The first kappa shape index (κ1) is 16.2. The number of nitrogens with zero attached hydrogens (tertiary/aromatic N) is 4. The van der Waals surface area contributed by atoms with Crippen LogP contribution >= 0.6 is 0 Å². The zero-order chi connectivity index (χ0) is 16.7. The fraction of sp³-hybridized carbons (Fsp3) is 0.800. The number of rotatable bonds is 2. The lowest BCUT2D eigenvalue weighted by Gasteiger charge is -2.32. The molecule has 0 aromatic carbocycles. The molecule has 2 aliphatic rings. The van der Waals surface area contributed by atoms with Gasteiger partial charge in [-0.3, -0.25) is 4.90 Å². The van der Waals surface area contributed by atoms with Crippen LogP contribution in [0.5, 0.6) is 0 Å². The van der Waals surface area contributed by atoms with E-state index in [4.69, 9.17) is 14.2 Å². The number of methoxy groups -OCH3 is 1. The number of carbonyl (C=O) groups excluding carboxylic acids is 1. The Kier molecular flexibility index (Phi) is 4.05. The summed E-state index contributed by atoms with van der Waals surface area (Å²) in [7, 11) is 1.67. The standard InChI is InChI=1S/C15H24N4O4/c1-14(2,3)23-13(20)18-6-7-19-11(9-18)16-17-12(19)15(21-4)5-8-22-10-15/h5-10H2,1-4H3. The van der Waals surface area contributed by atoms with Gasteiger partial charge in [0.1, 0.15) is 5.60 Å². The van der Waals surface area contributed by atoms with Crippen LogP contribution in [0.3, 0.4) is 0 Å². The van der Waals surface area contributed by atoms with Crippen molar-refractivity contribution in [3.8, 4) is 0 Å². The molecule has 0 N–H and O–H groups in total. The molecule has 0 aliphatic carbocycles. The highest BCUT2D eigenvalue weighted by molar-refractivity contribution is 5.68. The van der Waals surface area contributed by atoms with E-state index in [1.54, 1.807) is 12.0 Å². The highest BCUT2D eigenvalue weighted by Gasteiger charge is 2.43. The van der Waals surface area contributed by atoms with Crippen molar-refractivity contribution in [2.75, 3.05) is 26.9 Å². The van der Waals surface area contributed by atoms with Gasteiger partial charge in [-0.05, 0) is 20.8 Å². The second-order valence-corrected chi connectivity index (χ2v) is 6.99. The Hall–Kier alpha value is -1.67. The first-order chi connectivity index (χ1) is 10.8. The molecule has 0 radical (unpaired) electrons. The van der Waals surface area contributed by atoms with Crippen molar-refractivity contribution >= 4 is 6.09 Å². The van der Waals surface area contributed by atoms with Crippen molar-refractivity contribution in [3.63, 3.8) is 0 Å². The minimum Gasteiger partial charge on any atom is -0.444 e. The van der Waals surface area contributed by atoms with Gasteiger partial charge in [0.25, 0.3) is 0 Å². The molecule has 23 heavy (non-hydrogen) atoms. The van der Waals surface area contributed by atoms with Crippen LogP contribution in [-0.4, -0.2) is 58.2 Å². The summed E-state index contributed by atoms with van der Waals surface area (Å²) in [6.45, 7) is 8.29. The van der Waals surface area contributed by atoms with Crippen LogP contribution in [0.1, 0.15) is 38.8 Å². The molecule has 0 bridgehead atoms. The average molecular weight is 324 g/mol. The lowest BCUT2D eigenvalue weighted by atomic mass is 10.0. The molecule has 128 valence electrons. The summed E-state index contributed by atoms with van der Waals surface area (Å²) in [4.78, 5) is 13.9. The van der Waals surface area contributed by atoms with Crippen LogP contribution in [0, 0.1) is 0 Å². The van der Waals surface area contributed by atoms with Crippen molar-refractivity contribution in [3.05, 3.63) is 11.6 Å². The summed E-state index contributed by atoms with van der Waals surface area (Å²) in [5.41, 5.74) is -1.03.